The van der Waals surface area contributed by atoms with E-state index in [0.717, 1.165) is 30.0 Å². The van der Waals surface area contributed by atoms with Gasteiger partial charge in [0.1, 0.15) is 0 Å². The predicted molar refractivity (Wildman–Crippen MR) is 61.0 cm³/mol. The lowest BCUT2D eigenvalue weighted by Gasteiger charge is -2.25. The molecule has 1 unspecified atom stereocenters. The van der Waals surface area contributed by atoms with Crippen LogP contribution in [0.3, 0.4) is 0 Å². The van der Waals surface area contributed by atoms with Crippen LogP contribution in [0.1, 0.15) is 31.5 Å². The molecule has 0 spiro atoms. The monoisotopic (exact) mass is 227 g/mol. The summed E-state index contributed by atoms with van der Waals surface area (Å²) in [4.78, 5) is 0. The molecule has 0 radical (unpaired) electrons. The molecule has 0 saturated carbocycles. The molecule has 1 aromatic rings. The summed E-state index contributed by atoms with van der Waals surface area (Å²) in [7, 11) is -0.573. The van der Waals surface area contributed by atoms with Gasteiger partial charge in [-0.3, -0.25) is 9.31 Å². The Labute approximate surface area is 92.3 Å². The number of nitrogens with zero attached hydrogens (tertiary/aromatic N) is 1. The van der Waals surface area contributed by atoms with Crippen LogP contribution in [0, 0.1) is 0 Å². The van der Waals surface area contributed by atoms with E-state index in [1.807, 2.05) is 6.07 Å². The highest BCUT2D eigenvalue weighted by molar-refractivity contribution is 7.85. The molecule has 1 saturated heterocycles. The number of rotatable bonds is 3. The maximum absolute atomic E-state index is 11.2. The van der Waals surface area contributed by atoms with Crippen molar-refractivity contribution < 1.29 is 4.21 Å². The second-order valence-corrected chi connectivity index (χ2v) is 5.72. The summed E-state index contributed by atoms with van der Waals surface area (Å²) >= 11 is 0. The molecule has 1 aliphatic heterocycles. The maximum atomic E-state index is 11.2. The highest BCUT2D eigenvalue weighted by Gasteiger charge is 2.19. The minimum atomic E-state index is -0.573. The molecule has 15 heavy (non-hydrogen) atoms. The fourth-order valence-electron chi connectivity index (χ4n) is 1.91. The van der Waals surface area contributed by atoms with Gasteiger partial charge in [0.2, 0.25) is 0 Å². The first kappa shape index (κ1) is 10.8. The zero-order valence-electron chi connectivity index (χ0n) is 8.90. The molecule has 1 fully saturated rings. The van der Waals surface area contributed by atoms with Gasteiger partial charge >= 0.3 is 0 Å². The smallest absolute Gasteiger partial charge is 0.0518 e. The summed E-state index contributed by atoms with van der Waals surface area (Å²) in [6, 6.07) is 2.78. The van der Waals surface area contributed by atoms with Crippen LogP contribution in [0.2, 0.25) is 0 Å². The Morgan fingerprint density at radius 2 is 2.33 bits per heavy atom. The second kappa shape index (κ2) is 4.90. The highest BCUT2D eigenvalue weighted by Crippen LogP contribution is 2.15. The van der Waals surface area contributed by atoms with Crippen molar-refractivity contribution in [2.75, 3.05) is 11.5 Å². The number of aromatic amines is 1. The molecule has 0 aliphatic carbocycles. The van der Waals surface area contributed by atoms with Gasteiger partial charge in [0, 0.05) is 40.6 Å². The quantitative estimate of drug-likeness (QED) is 0.809. The van der Waals surface area contributed by atoms with E-state index in [-0.39, 0.29) is 0 Å². The van der Waals surface area contributed by atoms with E-state index < -0.39 is 10.8 Å². The van der Waals surface area contributed by atoms with Crippen LogP contribution in [0.15, 0.2) is 12.3 Å². The van der Waals surface area contributed by atoms with E-state index in [0.29, 0.717) is 12.1 Å². The van der Waals surface area contributed by atoms with E-state index in [4.69, 9.17) is 0 Å². The summed E-state index contributed by atoms with van der Waals surface area (Å²) in [5.74, 6) is 1.68. The lowest BCUT2D eigenvalue weighted by Crippen LogP contribution is -2.37. The molecule has 5 heteroatoms. The fourth-order valence-corrected chi connectivity index (χ4v) is 3.21. The zero-order valence-corrected chi connectivity index (χ0v) is 9.72. The molecule has 1 aliphatic rings. The largest absolute Gasteiger partial charge is 0.306 e. The molecular weight excluding hydrogens is 210 g/mol. The first-order chi connectivity index (χ1) is 7.25. The lowest BCUT2D eigenvalue weighted by atomic mass is 10.1. The predicted octanol–water partition coefficient (Wildman–Crippen LogP) is 0.971. The third kappa shape index (κ3) is 2.89. The Hall–Kier alpha value is -0.680. The average Bonchev–Trinajstić information content (AvgIpc) is 2.74. The van der Waals surface area contributed by atoms with Crippen LogP contribution in [0.4, 0.5) is 0 Å². The lowest BCUT2D eigenvalue weighted by molar-refractivity contribution is 0.422. The first-order valence-corrected chi connectivity index (χ1v) is 6.85. The Bertz CT molecular complexity index is 315. The maximum Gasteiger partial charge on any atom is 0.0518 e. The van der Waals surface area contributed by atoms with Crippen molar-refractivity contribution in [3.8, 4) is 0 Å². The van der Waals surface area contributed by atoms with Crippen LogP contribution < -0.4 is 5.32 Å². The fraction of sp³-hybridized carbons (Fsp3) is 0.700. The molecule has 0 aromatic carbocycles. The van der Waals surface area contributed by atoms with Gasteiger partial charge in [0.25, 0.3) is 0 Å². The third-order valence-corrected chi connectivity index (χ3v) is 4.24. The van der Waals surface area contributed by atoms with Crippen LogP contribution in [-0.4, -0.2) is 32.0 Å². The Morgan fingerprint density at radius 1 is 1.60 bits per heavy atom. The third-order valence-electron chi connectivity index (χ3n) is 2.86. The van der Waals surface area contributed by atoms with Crippen molar-refractivity contribution in [2.24, 2.45) is 0 Å². The Balaban J connectivity index is 1.84. The van der Waals surface area contributed by atoms with Crippen molar-refractivity contribution in [3.63, 3.8) is 0 Å². The highest BCUT2D eigenvalue weighted by atomic mass is 32.2. The van der Waals surface area contributed by atoms with E-state index in [1.165, 1.54) is 0 Å². The zero-order chi connectivity index (χ0) is 10.7. The Morgan fingerprint density at radius 3 is 2.93 bits per heavy atom. The summed E-state index contributed by atoms with van der Waals surface area (Å²) in [6.45, 7) is 2.12. The van der Waals surface area contributed by atoms with Crippen LogP contribution in [0.25, 0.3) is 0 Å². The Kier molecular flexibility index (Phi) is 3.53. The standard InChI is InChI=1S/C10H17N3OS/c1-8(10-2-5-11-13-10)12-9-3-6-15(14)7-4-9/h2,5,8-9,12H,3-4,6-7H2,1H3,(H,11,13). The van der Waals surface area contributed by atoms with Gasteiger partial charge in [-0.15, -0.1) is 0 Å². The van der Waals surface area contributed by atoms with Gasteiger partial charge in [-0.05, 0) is 25.8 Å². The SMILES string of the molecule is CC(NC1CCS(=O)CC1)c1ccn[nH]1. The summed E-state index contributed by atoms with van der Waals surface area (Å²) in [5, 5.41) is 10.4. The molecule has 84 valence electrons. The summed E-state index contributed by atoms with van der Waals surface area (Å²) in [5.41, 5.74) is 1.11. The van der Waals surface area contributed by atoms with Crippen LogP contribution in [-0.2, 0) is 10.8 Å². The molecule has 2 N–H and O–H groups in total. The van der Waals surface area contributed by atoms with Crippen LogP contribution >= 0.6 is 0 Å². The van der Waals surface area contributed by atoms with Crippen molar-refractivity contribution in [2.45, 2.75) is 31.8 Å². The van der Waals surface area contributed by atoms with Crippen molar-refractivity contribution >= 4 is 10.8 Å². The molecule has 2 rings (SSSR count). The minimum absolute atomic E-state index is 0.295. The van der Waals surface area contributed by atoms with Gasteiger partial charge in [-0.2, -0.15) is 5.10 Å². The number of aromatic nitrogens is 2. The van der Waals surface area contributed by atoms with Crippen molar-refractivity contribution in [1.82, 2.24) is 15.5 Å². The van der Waals surface area contributed by atoms with Gasteiger partial charge in [0.05, 0.1) is 5.69 Å². The van der Waals surface area contributed by atoms with Gasteiger partial charge in [0.15, 0.2) is 0 Å². The van der Waals surface area contributed by atoms with Crippen LogP contribution in [0.5, 0.6) is 0 Å². The number of hydrogen-bond donors (Lipinski definition) is 2. The molecular formula is C10H17N3OS. The average molecular weight is 227 g/mol. The van der Waals surface area contributed by atoms with Gasteiger partial charge in [-0.25, -0.2) is 0 Å². The van der Waals surface area contributed by atoms with E-state index in [9.17, 15) is 4.21 Å². The second-order valence-electron chi connectivity index (χ2n) is 4.02. The number of H-pyrrole nitrogens is 1. The first-order valence-electron chi connectivity index (χ1n) is 5.36. The molecule has 2 heterocycles. The number of hydrogen-bond acceptors (Lipinski definition) is 3. The van der Waals surface area contributed by atoms with Gasteiger partial charge in [-0.1, -0.05) is 0 Å². The normalized spacial score (nSPS) is 28.9. The van der Waals surface area contributed by atoms with Crippen molar-refractivity contribution in [3.05, 3.63) is 18.0 Å². The molecule has 4 nitrogen and oxygen atoms in total. The molecule has 1 atom stereocenters. The molecule has 0 amide bonds. The topological polar surface area (TPSA) is 57.8 Å². The van der Waals surface area contributed by atoms with E-state index in [2.05, 4.69) is 22.4 Å². The minimum Gasteiger partial charge on any atom is -0.306 e. The number of nitrogens with one attached hydrogen (secondary N) is 2. The molecule has 1 aromatic heterocycles. The molecule has 0 bridgehead atoms. The van der Waals surface area contributed by atoms with Gasteiger partial charge < -0.3 is 5.32 Å². The van der Waals surface area contributed by atoms with E-state index in [1.54, 1.807) is 6.20 Å². The summed E-state index contributed by atoms with van der Waals surface area (Å²) in [6.07, 6.45) is 3.81. The summed E-state index contributed by atoms with van der Waals surface area (Å²) < 4.78 is 11.2. The van der Waals surface area contributed by atoms with E-state index >= 15 is 0 Å². The van der Waals surface area contributed by atoms with Crippen molar-refractivity contribution in [1.29, 1.82) is 0 Å².